The zero-order valence-corrected chi connectivity index (χ0v) is 11.0. The fraction of sp³-hybridized carbons (Fsp3) is 0.231. The van der Waals surface area contributed by atoms with Gasteiger partial charge in [0.25, 0.3) is 0 Å². The lowest BCUT2D eigenvalue weighted by atomic mass is 10.2. The van der Waals surface area contributed by atoms with E-state index in [0.717, 1.165) is 5.56 Å². The fourth-order valence-corrected chi connectivity index (χ4v) is 1.93. The molecule has 1 aliphatic heterocycles. The molecular formula is C13H12ClFN2O2. The Bertz CT molecular complexity index is 528. The van der Waals surface area contributed by atoms with Gasteiger partial charge < -0.3 is 9.64 Å². The number of pyridine rings is 1. The highest BCUT2D eigenvalue weighted by atomic mass is 35.5. The van der Waals surface area contributed by atoms with Crippen LogP contribution in [-0.2, 0) is 16.1 Å². The van der Waals surface area contributed by atoms with E-state index in [0.29, 0.717) is 23.7 Å². The van der Waals surface area contributed by atoms with Crippen molar-refractivity contribution in [2.45, 2.75) is 19.6 Å². The molecule has 0 amide bonds. The van der Waals surface area contributed by atoms with Gasteiger partial charge in [0, 0.05) is 25.0 Å². The zero-order valence-electron chi connectivity index (χ0n) is 10.2. The van der Waals surface area contributed by atoms with Crippen LogP contribution < -0.4 is 0 Å². The lowest BCUT2D eigenvalue weighted by molar-refractivity contribution is -0.138. The summed E-state index contributed by atoms with van der Waals surface area (Å²) < 4.78 is 17.5. The second-order valence-electron chi connectivity index (χ2n) is 4.04. The van der Waals surface area contributed by atoms with Crippen LogP contribution in [0.4, 0.5) is 4.39 Å². The van der Waals surface area contributed by atoms with E-state index in [1.165, 1.54) is 12.3 Å². The van der Waals surface area contributed by atoms with Gasteiger partial charge in [-0.05, 0) is 18.6 Å². The van der Waals surface area contributed by atoms with Crippen LogP contribution in [0.15, 0.2) is 42.6 Å². The molecule has 0 aromatic carbocycles. The molecule has 19 heavy (non-hydrogen) atoms. The number of hydrogen-bond donors (Lipinski definition) is 0. The predicted molar refractivity (Wildman–Crippen MR) is 68.7 cm³/mol. The number of esters is 1. The third-order valence-corrected chi connectivity index (χ3v) is 2.91. The largest absolute Gasteiger partial charge is 0.453 e. The third-order valence-electron chi connectivity index (χ3n) is 2.68. The van der Waals surface area contributed by atoms with Gasteiger partial charge in [0.05, 0.1) is 5.70 Å². The molecule has 0 saturated carbocycles. The van der Waals surface area contributed by atoms with Crippen LogP contribution in [0.2, 0.25) is 5.15 Å². The number of halogens is 2. The van der Waals surface area contributed by atoms with Crippen molar-refractivity contribution in [2.24, 2.45) is 0 Å². The fourth-order valence-electron chi connectivity index (χ4n) is 1.82. The average Bonchev–Trinajstić information content (AvgIpc) is 2.71. The van der Waals surface area contributed by atoms with Crippen LogP contribution in [0.1, 0.15) is 12.5 Å². The van der Waals surface area contributed by atoms with Gasteiger partial charge in [-0.25, -0.2) is 14.2 Å². The van der Waals surface area contributed by atoms with Crippen LogP contribution >= 0.6 is 11.6 Å². The maximum Gasteiger partial charge on any atom is 0.333 e. The van der Waals surface area contributed by atoms with E-state index in [-0.39, 0.29) is 0 Å². The number of carbonyl (C=O) groups is 1. The number of cyclic esters (lactones) is 1. The number of aromatic nitrogens is 1. The van der Waals surface area contributed by atoms with E-state index in [2.05, 4.69) is 4.98 Å². The highest BCUT2D eigenvalue weighted by molar-refractivity contribution is 6.29. The molecule has 0 N–H and O–H groups in total. The van der Waals surface area contributed by atoms with E-state index >= 15 is 0 Å². The molecule has 2 heterocycles. The molecule has 2 rings (SSSR count). The number of nitrogens with zero attached hydrogens (tertiary/aromatic N) is 2. The lowest BCUT2D eigenvalue weighted by Crippen LogP contribution is -2.22. The molecule has 4 nitrogen and oxygen atoms in total. The first kappa shape index (κ1) is 13.5. The normalized spacial score (nSPS) is 18.6. The maximum atomic E-state index is 12.5. The molecule has 0 fully saturated rings. The van der Waals surface area contributed by atoms with E-state index in [1.807, 2.05) is 0 Å². The Morgan fingerprint density at radius 1 is 1.58 bits per heavy atom. The molecule has 0 saturated heterocycles. The maximum absolute atomic E-state index is 12.5. The van der Waals surface area contributed by atoms with E-state index < -0.39 is 12.1 Å². The van der Waals surface area contributed by atoms with Gasteiger partial charge in [-0.1, -0.05) is 17.7 Å². The van der Waals surface area contributed by atoms with E-state index in [4.69, 9.17) is 16.3 Å². The monoisotopic (exact) mass is 282 g/mol. The Kier molecular flexibility index (Phi) is 4.16. The van der Waals surface area contributed by atoms with Crippen molar-refractivity contribution in [2.75, 3.05) is 0 Å². The number of hydrogen-bond acceptors (Lipinski definition) is 4. The van der Waals surface area contributed by atoms with Gasteiger partial charge in [-0.3, -0.25) is 0 Å². The SMILES string of the molecule is CC1OC(=O)C=C1N(/C=C\F)Cc1ccc(Cl)nc1. The summed E-state index contributed by atoms with van der Waals surface area (Å²) in [6.07, 6.45) is 4.22. The number of carbonyl (C=O) groups excluding carboxylic acids is 1. The molecular weight excluding hydrogens is 271 g/mol. The molecule has 1 unspecified atom stereocenters. The third kappa shape index (κ3) is 3.32. The number of ether oxygens (including phenoxy) is 1. The minimum absolute atomic E-state index is 0.372. The van der Waals surface area contributed by atoms with Crippen molar-refractivity contribution in [3.05, 3.63) is 53.3 Å². The quantitative estimate of drug-likeness (QED) is 0.629. The minimum Gasteiger partial charge on any atom is -0.453 e. The van der Waals surface area contributed by atoms with Gasteiger partial charge in [-0.15, -0.1) is 0 Å². The van der Waals surface area contributed by atoms with Crippen molar-refractivity contribution < 1.29 is 13.9 Å². The Labute approximate surface area is 115 Å². The second-order valence-corrected chi connectivity index (χ2v) is 4.43. The highest BCUT2D eigenvalue weighted by Gasteiger charge is 2.25. The highest BCUT2D eigenvalue weighted by Crippen LogP contribution is 2.22. The van der Waals surface area contributed by atoms with Gasteiger partial charge in [0.15, 0.2) is 0 Å². The summed E-state index contributed by atoms with van der Waals surface area (Å²) in [5.41, 5.74) is 1.45. The molecule has 1 aliphatic rings. The minimum atomic E-state index is -0.422. The summed E-state index contributed by atoms with van der Waals surface area (Å²) in [6, 6.07) is 3.44. The number of rotatable bonds is 4. The van der Waals surface area contributed by atoms with Crippen LogP contribution in [0.5, 0.6) is 0 Å². The molecule has 0 bridgehead atoms. The first-order valence-electron chi connectivity index (χ1n) is 5.66. The summed E-state index contributed by atoms with van der Waals surface area (Å²) in [5.74, 6) is -0.422. The van der Waals surface area contributed by atoms with Gasteiger partial charge >= 0.3 is 5.97 Å². The van der Waals surface area contributed by atoms with Crippen molar-refractivity contribution in [3.8, 4) is 0 Å². The van der Waals surface area contributed by atoms with Crippen molar-refractivity contribution >= 4 is 17.6 Å². The Balaban J connectivity index is 2.19. The van der Waals surface area contributed by atoms with Crippen LogP contribution in [0.25, 0.3) is 0 Å². The van der Waals surface area contributed by atoms with Gasteiger partial charge in [-0.2, -0.15) is 0 Å². The Morgan fingerprint density at radius 2 is 2.37 bits per heavy atom. The summed E-state index contributed by atoms with van der Waals surface area (Å²) in [6.45, 7) is 2.10. The average molecular weight is 283 g/mol. The first-order chi connectivity index (χ1) is 9.10. The standard InChI is InChI=1S/C13H12ClFN2O2/c1-9-11(6-13(18)19-9)17(5-4-15)8-10-2-3-12(14)16-7-10/h2-7,9H,8H2,1H3/b5-4-. The zero-order chi connectivity index (χ0) is 13.8. The van der Waals surface area contributed by atoms with Crippen molar-refractivity contribution in [3.63, 3.8) is 0 Å². The van der Waals surface area contributed by atoms with E-state index in [9.17, 15) is 9.18 Å². The molecule has 6 heteroatoms. The molecule has 1 atom stereocenters. The summed E-state index contributed by atoms with van der Waals surface area (Å²) in [5, 5.41) is 0.392. The van der Waals surface area contributed by atoms with Crippen LogP contribution in [0.3, 0.4) is 0 Å². The molecule has 0 spiro atoms. The predicted octanol–water partition coefficient (Wildman–Crippen LogP) is 2.81. The van der Waals surface area contributed by atoms with Crippen LogP contribution in [-0.4, -0.2) is 22.0 Å². The Hall–Kier alpha value is -1.88. The molecule has 100 valence electrons. The van der Waals surface area contributed by atoms with Crippen molar-refractivity contribution in [1.82, 2.24) is 9.88 Å². The lowest BCUT2D eigenvalue weighted by Gasteiger charge is -2.23. The van der Waals surface area contributed by atoms with Gasteiger partial charge in [0.2, 0.25) is 0 Å². The van der Waals surface area contributed by atoms with Gasteiger partial charge in [0.1, 0.15) is 17.6 Å². The summed E-state index contributed by atoms with van der Waals surface area (Å²) >= 11 is 5.70. The molecule has 1 aromatic heterocycles. The Morgan fingerprint density at radius 3 is 2.89 bits per heavy atom. The first-order valence-corrected chi connectivity index (χ1v) is 6.04. The topological polar surface area (TPSA) is 42.4 Å². The van der Waals surface area contributed by atoms with Crippen LogP contribution in [0, 0.1) is 0 Å². The summed E-state index contributed by atoms with van der Waals surface area (Å²) in [4.78, 5) is 16.8. The van der Waals surface area contributed by atoms with E-state index in [1.54, 1.807) is 30.2 Å². The molecule has 1 aromatic rings. The smallest absolute Gasteiger partial charge is 0.333 e. The molecule has 0 aliphatic carbocycles. The second kappa shape index (κ2) is 5.84. The molecule has 0 radical (unpaired) electrons. The summed E-state index contributed by atoms with van der Waals surface area (Å²) in [7, 11) is 0. The van der Waals surface area contributed by atoms with Crippen molar-refractivity contribution in [1.29, 1.82) is 0 Å².